The molecule has 0 fully saturated rings. The Bertz CT molecular complexity index is 349. The minimum atomic E-state index is -0.395. The molecule has 0 amide bonds. The summed E-state index contributed by atoms with van der Waals surface area (Å²) in [6.45, 7) is 0. The first-order chi connectivity index (χ1) is 5.75. The molecule has 0 radical (unpaired) electrons. The van der Waals surface area contributed by atoms with Gasteiger partial charge in [-0.2, -0.15) is 5.16 Å². The van der Waals surface area contributed by atoms with Gasteiger partial charge in [0.15, 0.2) is 10.8 Å². The molecule has 0 unspecified atom stereocenters. The summed E-state index contributed by atoms with van der Waals surface area (Å²) in [4.78, 5) is 10.7. The van der Waals surface area contributed by atoms with Gasteiger partial charge in [-0.25, -0.2) is 0 Å². The summed E-state index contributed by atoms with van der Waals surface area (Å²) in [5, 5.41) is 2.25. The van der Waals surface area contributed by atoms with Crippen LogP contribution < -0.4 is 5.56 Å². The summed E-state index contributed by atoms with van der Waals surface area (Å²) in [5.41, 5.74) is -0.395. The Balaban J connectivity index is 2.59. The molecule has 0 aliphatic rings. The number of H-pyrrole nitrogens is 1. The number of halogens is 1. The van der Waals surface area contributed by atoms with E-state index in [0.717, 1.165) is 0 Å². The summed E-state index contributed by atoms with van der Waals surface area (Å²) in [5.74, 6) is 3.99. The average Bonchev–Trinajstić information content (AvgIpc) is 2.36. The van der Waals surface area contributed by atoms with E-state index in [9.17, 15) is 4.79 Å². The molecular formula is C7H6ClNO2S. The minimum absolute atomic E-state index is 0.111. The van der Waals surface area contributed by atoms with Crippen LogP contribution in [-0.2, 0) is 5.75 Å². The predicted octanol–water partition coefficient (Wildman–Crippen LogP) is 1.49. The van der Waals surface area contributed by atoms with Crippen LogP contribution >= 0.6 is 23.4 Å². The van der Waals surface area contributed by atoms with Crippen molar-refractivity contribution in [3.05, 3.63) is 21.1 Å². The number of hydrogen-bond acceptors (Lipinski definition) is 3. The number of nitrogens with one attached hydrogen (secondary N) is 1. The van der Waals surface area contributed by atoms with Gasteiger partial charge in [-0.15, -0.1) is 18.2 Å². The molecule has 1 N–H and O–H groups in total. The van der Waals surface area contributed by atoms with Crippen molar-refractivity contribution in [2.24, 2.45) is 0 Å². The first-order valence-corrected chi connectivity index (χ1v) is 4.66. The Hall–Kier alpha value is -0.790. The van der Waals surface area contributed by atoms with E-state index in [2.05, 4.69) is 11.1 Å². The van der Waals surface area contributed by atoms with Gasteiger partial charge < -0.3 is 4.52 Å². The second-order valence-corrected chi connectivity index (χ2v) is 3.33. The fourth-order valence-electron chi connectivity index (χ4n) is 0.620. The van der Waals surface area contributed by atoms with Crippen molar-refractivity contribution in [3.63, 3.8) is 0 Å². The van der Waals surface area contributed by atoms with Crippen molar-refractivity contribution in [2.75, 3.05) is 5.75 Å². The highest BCUT2D eigenvalue weighted by Gasteiger charge is 2.08. The molecule has 3 nitrogen and oxygen atoms in total. The average molecular weight is 204 g/mol. The van der Waals surface area contributed by atoms with Gasteiger partial charge in [0.1, 0.15) is 0 Å². The first kappa shape index (κ1) is 9.30. The van der Waals surface area contributed by atoms with Crippen LogP contribution in [0.15, 0.2) is 9.32 Å². The Labute approximate surface area is 78.4 Å². The van der Waals surface area contributed by atoms with E-state index in [1.165, 1.54) is 11.8 Å². The SMILES string of the molecule is C#CCSCc1o[nH]c(=O)c1Cl. The van der Waals surface area contributed by atoms with Crippen molar-refractivity contribution >= 4 is 23.4 Å². The Morgan fingerprint density at radius 3 is 3.00 bits per heavy atom. The number of hydrogen-bond donors (Lipinski definition) is 1. The fourth-order valence-corrected chi connectivity index (χ4v) is 1.45. The van der Waals surface area contributed by atoms with Crippen molar-refractivity contribution in [1.82, 2.24) is 5.16 Å². The maximum absolute atomic E-state index is 10.7. The molecule has 0 atom stereocenters. The van der Waals surface area contributed by atoms with Crippen LogP contribution in [-0.4, -0.2) is 10.9 Å². The molecule has 0 aromatic carbocycles. The van der Waals surface area contributed by atoms with Crippen LogP contribution in [0.3, 0.4) is 0 Å². The van der Waals surface area contributed by atoms with E-state index < -0.39 is 5.56 Å². The smallest absolute Gasteiger partial charge is 0.298 e. The first-order valence-electron chi connectivity index (χ1n) is 3.12. The summed E-state index contributed by atoms with van der Waals surface area (Å²) < 4.78 is 4.78. The van der Waals surface area contributed by atoms with Crippen LogP contribution in [0.4, 0.5) is 0 Å². The van der Waals surface area contributed by atoms with E-state index in [0.29, 0.717) is 17.3 Å². The number of terminal acetylenes is 1. The second kappa shape index (κ2) is 4.29. The van der Waals surface area contributed by atoms with E-state index in [1.807, 2.05) is 0 Å². The third-order valence-electron chi connectivity index (χ3n) is 1.13. The molecule has 0 aliphatic heterocycles. The Kier molecular flexibility index (Phi) is 3.32. The Morgan fingerprint density at radius 2 is 2.50 bits per heavy atom. The molecule has 64 valence electrons. The summed E-state index contributed by atoms with van der Waals surface area (Å²) in [6, 6.07) is 0. The number of thioether (sulfide) groups is 1. The molecule has 1 aromatic heterocycles. The second-order valence-electron chi connectivity index (χ2n) is 1.97. The molecule has 0 saturated heterocycles. The van der Waals surface area contributed by atoms with Gasteiger partial charge in [-0.1, -0.05) is 17.5 Å². The van der Waals surface area contributed by atoms with Crippen LogP contribution in [0.1, 0.15) is 5.76 Å². The maximum Gasteiger partial charge on any atom is 0.298 e. The van der Waals surface area contributed by atoms with Crippen molar-refractivity contribution in [3.8, 4) is 12.3 Å². The van der Waals surface area contributed by atoms with Crippen molar-refractivity contribution in [2.45, 2.75) is 5.75 Å². The van der Waals surface area contributed by atoms with Gasteiger partial charge >= 0.3 is 0 Å². The summed E-state index contributed by atoms with van der Waals surface area (Å²) in [6.07, 6.45) is 5.03. The molecule has 1 heterocycles. The molecular weight excluding hydrogens is 198 g/mol. The lowest BCUT2D eigenvalue weighted by molar-refractivity contribution is 0.390. The molecule has 5 heteroatoms. The number of aromatic nitrogens is 1. The molecule has 0 spiro atoms. The highest BCUT2D eigenvalue weighted by Crippen LogP contribution is 2.16. The molecule has 0 bridgehead atoms. The van der Waals surface area contributed by atoms with Crippen LogP contribution in [0.5, 0.6) is 0 Å². The predicted molar refractivity (Wildman–Crippen MR) is 49.3 cm³/mol. The highest BCUT2D eigenvalue weighted by molar-refractivity contribution is 7.98. The van der Waals surface area contributed by atoms with E-state index in [-0.39, 0.29) is 5.02 Å². The van der Waals surface area contributed by atoms with E-state index in [4.69, 9.17) is 22.5 Å². The third kappa shape index (κ3) is 2.10. The van der Waals surface area contributed by atoms with Gasteiger partial charge in [0.05, 0.1) is 11.5 Å². The minimum Gasteiger partial charge on any atom is -0.381 e. The Morgan fingerprint density at radius 1 is 1.75 bits per heavy atom. The molecule has 1 aromatic rings. The maximum atomic E-state index is 10.7. The third-order valence-corrected chi connectivity index (χ3v) is 2.35. The molecule has 0 aliphatic carbocycles. The lowest BCUT2D eigenvalue weighted by atomic mass is 10.5. The zero-order chi connectivity index (χ0) is 8.97. The lowest BCUT2D eigenvalue weighted by Crippen LogP contribution is -1.96. The largest absolute Gasteiger partial charge is 0.381 e. The van der Waals surface area contributed by atoms with Gasteiger partial charge in [0.25, 0.3) is 5.56 Å². The zero-order valence-corrected chi connectivity index (χ0v) is 7.67. The normalized spacial score (nSPS) is 9.67. The lowest BCUT2D eigenvalue weighted by Gasteiger charge is -1.90. The van der Waals surface area contributed by atoms with Gasteiger partial charge in [0.2, 0.25) is 0 Å². The van der Waals surface area contributed by atoms with E-state index >= 15 is 0 Å². The van der Waals surface area contributed by atoms with E-state index in [1.54, 1.807) is 0 Å². The van der Waals surface area contributed by atoms with Crippen molar-refractivity contribution < 1.29 is 4.52 Å². The van der Waals surface area contributed by atoms with Gasteiger partial charge in [-0.05, 0) is 0 Å². The van der Waals surface area contributed by atoms with Crippen LogP contribution in [0.2, 0.25) is 5.02 Å². The molecule has 0 saturated carbocycles. The highest BCUT2D eigenvalue weighted by atomic mass is 35.5. The van der Waals surface area contributed by atoms with Crippen LogP contribution in [0, 0.1) is 12.3 Å². The van der Waals surface area contributed by atoms with Gasteiger partial charge in [-0.3, -0.25) is 4.79 Å². The van der Waals surface area contributed by atoms with Gasteiger partial charge in [0, 0.05) is 0 Å². The fraction of sp³-hybridized carbons (Fsp3) is 0.286. The number of aromatic amines is 1. The van der Waals surface area contributed by atoms with Crippen LogP contribution in [0.25, 0.3) is 0 Å². The van der Waals surface area contributed by atoms with Crippen molar-refractivity contribution in [1.29, 1.82) is 0 Å². The summed E-state index contributed by atoms with van der Waals surface area (Å²) >= 11 is 7.05. The monoisotopic (exact) mass is 203 g/mol. The summed E-state index contributed by atoms with van der Waals surface area (Å²) in [7, 11) is 0. The standard InChI is InChI=1S/C7H6ClNO2S/c1-2-3-12-4-5-6(8)7(10)9-11-5/h1H,3-4H2,(H,9,10). The zero-order valence-electron chi connectivity index (χ0n) is 6.09. The quantitative estimate of drug-likeness (QED) is 0.598. The molecule has 12 heavy (non-hydrogen) atoms. The number of rotatable bonds is 3. The molecule has 1 rings (SSSR count). The topological polar surface area (TPSA) is 46.0 Å².